The molecule has 1 aromatic carbocycles. The smallest absolute Gasteiger partial charge is 0.275 e. The highest BCUT2D eigenvalue weighted by molar-refractivity contribution is 5.87. The lowest BCUT2D eigenvalue weighted by Crippen LogP contribution is -2.58. The van der Waals surface area contributed by atoms with E-state index in [1.54, 1.807) is 6.21 Å². The molecule has 4 bridgehead atoms. The minimum Gasteiger partial charge on any atom is -0.341 e. The Hall–Kier alpha value is -2.54. The second-order valence-electron chi connectivity index (χ2n) is 12.0. The lowest BCUT2D eigenvalue weighted by molar-refractivity contribution is -0.120. The molecule has 2 aromatic rings. The number of aliphatic imine (C=N–C) groups is 1. The van der Waals surface area contributed by atoms with Crippen LogP contribution in [0.5, 0.6) is 0 Å². The SMILES string of the molecule is O=C1CN=CC(c2nc3ccccc3n(C3CC4CCCC(C3)N4C3CC4CCCC(C4)C3)c2=O)N1. The minimum absolute atomic E-state index is 0.0731. The topological polar surface area (TPSA) is 79.6 Å². The van der Waals surface area contributed by atoms with Gasteiger partial charge in [0.25, 0.3) is 5.56 Å². The highest BCUT2D eigenvalue weighted by atomic mass is 16.2. The third-order valence-electron chi connectivity index (χ3n) is 9.82. The molecule has 7 rings (SSSR count). The summed E-state index contributed by atoms with van der Waals surface area (Å²) in [4.78, 5) is 37.9. The van der Waals surface area contributed by atoms with Crippen LogP contribution >= 0.6 is 0 Å². The van der Waals surface area contributed by atoms with E-state index in [1.807, 2.05) is 28.8 Å². The number of rotatable bonds is 3. The molecule has 1 N–H and O–H groups in total. The second kappa shape index (κ2) is 9.09. The molecule has 4 fully saturated rings. The lowest BCUT2D eigenvalue weighted by Gasteiger charge is -2.55. The molecule has 5 aliphatic rings. The Labute approximate surface area is 212 Å². The molecule has 4 heterocycles. The number of fused-ring (bicyclic) bond motifs is 5. The number of amides is 1. The van der Waals surface area contributed by atoms with Gasteiger partial charge in [0.15, 0.2) is 0 Å². The number of aromatic nitrogens is 2. The predicted octanol–water partition coefficient (Wildman–Crippen LogP) is 4.17. The average Bonchev–Trinajstić information content (AvgIpc) is 2.87. The molecule has 2 saturated carbocycles. The van der Waals surface area contributed by atoms with Crippen molar-refractivity contribution in [2.75, 3.05) is 6.54 Å². The van der Waals surface area contributed by atoms with Crippen molar-refractivity contribution in [2.24, 2.45) is 16.8 Å². The van der Waals surface area contributed by atoms with Crippen LogP contribution in [-0.4, -0.2) is 51.2 Å². The van der Waals surface area contributed by atoms with Gasteiger partial charge in [-0.3, -0.25) is 19.5 Å². The molecule has 5 unspecified atom stereocenters. The monoisotopic (exact) mass is 487 g/mol. The molecular formula is C29H37N5O2. The summed E-state index contributed by atoms with van der Waals surface area (Å²) in [5.74, 6) is 1.70. The summed E-state index contributed by atoms with van der Waals surface area (Å²) < 4.78 is 2.03. The van der Waals surface area contributed by atoms with Gasteiger partial charge in [-0.15, -0.1) is 0 Å². The first-order valence-electron chi connectivity index (χ1n) is 14.2. The molecular weight excluding hydrogens is 450 g/mol. The van der Waals surface area contributed by atoms with E-state index < -0.39 is 6.04 Å². The maximum atomic E-state index is 14.0. The van der Waals surface area contributed by atoms with E-state index in [0.717, 1.165) is 41.8 Å². The normalized spacial score (nSPS) is 36.6. The first-order chi connectivity index (χ1) is 17.6. The minimum atomic E-state index is -0.559. The van der Waals surface area contributed by atoms with Crippen LogP contribution in [0, 0.1) is 11.8 Å². The molecule has 7 nitrogen and oxygen atoms in total. The van der Waals surface area contributed by atoms with E-state index in [9.17, 15) is 9.59 Å². The van der Waals surface area contributed by atoms with Gasteiger partial charge in [0.2, 0.25) is 5.91 Å². The van der Waals surface area contributed by atoms with E-state index in [-0.39, 0.29) is 24.1 Å². The maximum absolute atomic E-state index is 14.0. The van der Waals surface area contributed by atoms with Crippen molar-refractivity contribution in [3.63, 3.8) is 0 Å². The highest BCUT2D eigenvalue weighted by Gasteiger charge is 2.45. The molecule has 190 valence electrons. The zero-order chi connectivity index (χ0) is 24.2. The standard InChI is InChI=1S/C29H37N5O2/c35-27-17-30-16-25(31-27)28-29(36)34(26-10-2-1-9-24(26)32-28)23-14-20-7-4-8-21(15-23)33(20)22-12-18-5-3-6-19(11-18)13-22/h1-2,9-10,16,18-23,25H,3-8,11-15,17H2,(H,31,35). The van der Waals surface area contributed by atoms with Crippen LogP contribution in [0.15, 0.2) is 34.1 Å². The molecule has 2 aliphatic carbocycles. The average molecular weight is 488 g/mol. The molecule has 1 aromatic heterocycles. The van der Waals surface area contributed by atoms with Gasteiger partial charge in [0, 0.05) is 30.4 Å². The summed E-state index contributed by atoms with van der Waals surface area (Å²) in [6.45, 7) is 0.114. The third-order valence-corrected chi connectivity index (χ3v) is 9.82. The fourth-order valence-corrected chi connectivity index (χ4v) is 8.51. The van der Waals surface area contributed by atoms with Gasteiger partial charge in [-0.1, -0.05) is 37.8 Å². The predicted molar refractivity (Wildman–Crippen MR) is 140 cm³/mol. The van der Waals surface area contributed by atoms with Crippen LogP contribution in [0.2, 0.25) is 0 Å². The Morgan fingerprint density at radius 1 is 0.806 bits per heavy atom. The first-order valence-corrected chi connectivity index (χ1v) is 14.2. The second-order valence-corrected chi connectivity index (χ2v) is 12.0. The summed E-state index contributed by atoms with van der Waals surface area (Å²) >= 11 is 0. The fourth-order valence-electron chi connectivity index (χ4n) is 8.51. The van der Waals surface area contributed by atoms with Crippen LogP contribution < -0.4 is 10.9 Å². The zero-order valence-corrected chi connectivity index (χ0v) is 21.0. The van der Waals surface area contributed by atoms with Gasteiger partial charge in [-0.2, -0.15) is 0 Å². The van der Waals surface area contributed by atoms with Gasteiger partial charge in [0.1, 0.15) is 18.3 Å². The summed E-state index contributed by atoms with van der Waals surface area (Å²) in [5.41, 5.74) is 2.04. The summed E-state index contributed by atoms with van der Waals surface area (Å²) in [6.07, 6.45) is 16.1. The molecule has 3 aliphatic heterocycles. The number of nitrogens with zero attached hydrogens (tertiary/aromatic N) is 4. The van der Waals surface area contributed by atoms with Crippen LogP contribution in [0.25, 0.3) is 11.0 Å². The largest absolute Gasteiger partial charge is 0.341 e. The van der Waals surface area contributed by atoms with Gasteiger partial charge < -0.3 is 9.88 Å². The highest BCUT2D eigenvalue weighted by Crippen LogP contribution is 2.47. The van der Waals surface area contributed by atoms with Crippen molar-refractivity contribution in [3.8, 4) is 0 Å². The number of benzene rings is 1. The molecule has 7 heteroatoms. The number of hydrogen-bond acceptors (Lipinski definition) is 5. The number of carbonyl (C=O) groups excluding carboxylic acids is 1. The Balaban J connectivity index is 1.24. The Morgan fingerprint density at radius 2 is 1.53 bits per heavy atom. The molecule has 2 saturated heterocycles. The molecule has 1 amide bonds. The third kappa shape index (κ3) is 3.90. The van der Waals surface area contributed by atoms with Gasteiger partial charge >= 0.3 is 0 Å². The van der Waals surface area contributed by atoms with E-state index in [1.165, 1.54) is 57.8 Å². The van der Waals surface area contributed by atoms with Crippen molar-refractivity contribution < 1.29 is 4.79 Å². The molecule has 0 radical (unpaired) electrons. The number of para-hydroxylation sites is 2. The van der Waals surface area contributed by atoms with Crippen molar-refractivity contribution >= 4 is 23.2 Å². The lowest BCUT2D eigenvalue weighted by atomic mass is 9.68. The van der Waals surface area contributed by atoms with Gasteiger partial charge in [-0.25, -0.2) is 4.98 Å². The van der Waals surface area contributed by atoms with Crippen molar-refractivity contribution in [2.45, 2.75) is 101 Å². The zero-order valence-electron chi connectivity index (χ0n) is 21.0. The van der Waals surface area contributed by atoms with Crippen LogP contribution in [0.4, 0.5) is 0 Å². The summed E-state index contributed by atoms with van der Waals surface area (Å²) in [7, 11) is 0. The van der Waals surface area contributed by atoms with E-state index in [2.05, 4.69) is 15.2 Å². The Bertz CT molecular complexity index is 1230. The summed E-state index contributed by atoms with van der Waals surface area (Å²) in [6, 6.07) is 9.44. The molecule has 0 spiro atoms. The van der Waals surface area contributed by atoms with Crippen LogP contribution in [0.1, 0.15) is 88.4 Å². The maximum Gasteiger partial charge on any atom is 0.275 e. The number of hydrogen-bond donors (Lipinski definition) is 1. The quantitative estimate of drug-likeness (QED) is 0.705. The van der Waals surface area contributed by atoms with Crippen molar-refractivity contribution in [3.05, 3.63) is 40.3 Å². The number of nitrogens with one attached hydrogen (secondary N) is 1. The van der Waals surface area contributed by atoms with Crippen LogP contribution in [0.3, 0.4) is 0 Å². The van der Waals surface area contributed by atoms with Crippen molar-refractivity contribution in [1.29, 1.82) is 0 Å². The first kappa shape index (κ1) is 22.6. The molecule has 36 heavy (non-hydrogen) atoms. The fraction of sp³-hybridized carbons (Fsp3) is 0.655. The van der Waals surface area contributed by atoms with Gasteiger partial charge in [-0.05, 0) is 68.9 Å². The Morgan fingerprint density at radius 3 is 2.28 bits per heavy atom. The Kier molecular flexibility index (Phi) is 5.72. The van der Waals surface area contributed by atoms with E-state index in [0.29, 0.717) is 17.8 Å². The number of carbonyl (C=O) groups is 1. The summed E-state index contributed by atoms with van der Waals surface area (Å²) in [5, 5.41) is 2.91. The van der Waals surface area contributed by atoms with Crippen molar-refractivity contribution in [1.82, 2.24) is 19.8 Å². The van der Waals surface area contributed by atoms with Crippen LogP contribution in [-0.2, 0) is 4.79 Å². The molecule has 5 atom stereocenters. The van der Waals surface area contributed by atoms with E-state index >= 15 is 0 Å². The van der Waals surface area contributed by atoms with Gasteiger partial charge in [0.05, 0.1) is 11.0 Å². The number of piperidine rings is 2. The van der Waals surface area contributed by atoms with E-state index in [4.69, 9.17) is 4.98 Å².